The molecule has 0 unspecified atom stereocenters. The van der Waals surface area contributed by atoms with Crippen molar-refractivity contribution in [2.24, 2.45) is 0 Å². The highest BCUT2D eigenvalue weighted by atomic mass is 14.2. The topological polar surface area (TPSA) is 23.8 Å². The van der Waals surface area contributed by atoms with Crippen molar-refractivity contribution in [3.63, 3.8) is 0 Å². The lowest BCUT2D eigenvalue weighted by Gasteiger charge is -2.24. The van der Waals surface area contributed by atoms with Crippen LogP contribution in [0.3, 0.4) is 0 Å². The highest BCUT2D eigenvalue weighted by Crippen LogP contribution is 2.37. The van der Waals surface area contributed by atoms with Gasteiger partial charge in [-0.1, -0.05) is 55.7 Å². The molecule has 1 saturated carbocycles. The number of hydrogen-bond acceptors (Lipinski definition) is 1. The minimum absolute atomic E-state index is 0.704. The molecule has 2 aromatic rings. The van der Waals surface area contributed by atoms with E-state index in [4.69, 9.17) is 5.26 Å². The molecule has 0 atom stereocenters. The molecule has 0 spiro atoms. The molecule has 1 aliphatic rings. The van der Waals surface area contributed by atoms with E-state index in [9.17, 15) is 0 Å². The molecule has 0 radical (unpaired) electrons. The SMILES string of the molecule is N#Cc1ccc(-c2ccccc2C2CCCCC2)cc1. The summed E-state index contributed by atoms with van der Waals surface area (Å²) in [6.45, 7) is 0. The second-order valence-corrected chi connectivity index (χ2v) is 5.61. The molecule has 1 fully saturated rings. The average Bonchev–Trinajstić information content (AvgIpc) is 2.56. The van der Waals surface area contributed by atoms with Gasteiger partial charge in [-0.25, -0.2) is 0 Å². The van der Waals surface area contributed by atoms with Crippen LogP contribution in [-0.2, 0) is 0 Å². The standard InChI is InChI=1S/C19H19N/c20-14-15-10-12-17(13-11-15)19-9-5-4-8-18(19)16-6-2-1-3-7-16/h4-5,8-13,16H,1-3,6-7H2. The predicted molar refractivity (Wildman–Crippen MR) is 82.4 cm³/mol. The molecule has 100 valence electrons. The zero-order valence-electron chi connectivity index (χ0n) is 11.7. The molecule has 2 aromatic carbocycles. The third-order valence-corrected chi connectivity index (χ3v) is 4.33. The molecule has 20 heavy (non-hydrogen) atoms. The second kappa shape index (κ2) is 5.92. The molecule has 0 bridgehead atoms. The fourth-order valence-electron chi connectivity index (χ4n) is 3.25. The average molecular weight is 261 g/mol. The number of rotatable bonds is 2. The highest BCUT2D eigenvalue weighted by molar-refractivity contribution is 5.68. The Bertz CT molecular complexity index is 613. The summed E-state index contributed by atoms with van der Waals surface area (Å²) < 4.78 is 0. The summed E-state index contributed by atoms with van der Waals surface area (Å²) in [5, 5.41) is 8.91. The predicted octanol–water partition coefficient (Wildman–Crippen LogP) is 5.27. The van der Waals surface area contributed by atoms with Crippen LogP contribution in [0.5, 0.6) is 0 Å². The molecular weight excluding hydrogens is 242 g/mol. The monoisotopic (exact) mass is 261 g/mol. The van der Waals surface area contributed by atoms with E-state index in [-0.39, 0.29) is 0 Å². The quantitative estimate of drug-likeness (QED) is 0.722. The van der Waals surface area contributed by atoms with Gasteiger partial charge in [0.15, 0.2) is 0 Å². The zero-order valence-corrected chi connectivity index (χ0v) is 11.7. The van der Waals surface area contributed by atoms with Crippen LogP contribution in [-0.4, -0.2) is 0 Å². The lowest BCUT2D eigenvalue weighted by molar-refractivity contribution is 0.444. The van der Waals surface area contributed by atoms with Gasteiger partial charge in [-0.05, 0) is 47.6 Å². The van der Waals surface area contributed by atoms with Gasteiger partial charge in [0, 0.05) is 0 Å². The van der Waals surface area contributed by atoms with Crippen molar-refractivity contribution in [2.45, 2.75) is 38.0 Å². The van der Waals surface area contributed by atoms with Crippen molar-refractivity contribution < 1.29 is 0 Å². The zero-order chi connectivity index (χ0) is 13.8. The molecule has 1 heteroatoms. The van der Waals surface area contributed by atoms with Gasteiger partial charge >= 0.3 is 0 Å². The first-order chi connectivity index (χ1) is 9.88. The summed E-state index contributed by atoms with van der Waals surface area (Å²) in [6.07, 6.45) is 6.72. The summed E-state index contributed by atoms with van der Waals surface area (Å²) in [4.78, 5) is 0. The van der Waals surface area contributed by atoms with Crippen molar-refractivity contribution in [1.82, 2.24) is 0 Å². The summed E-state index contributed by atoms with van der Waals surface area (Å²) in [5.41, 5.74) is 4.77. The maximum absolute atomic E-state index is 8.91. The van der Waals surface area contributed by atoms with E-state index in [0.717, 1.165) is 5.56 Å². The van der Waals surface area contributed by atoms with Crippen LogP contribution in [0.25, 0.3) is 11.1 Å². The molecule has 0 amide bonds. The Morgan fingerprint density at radius 2 is 1.55 bits per heavy atom. The summed E-state index contributed by atoms with van der Waals surface area (Å²) in [6, 6.07) is 18.9. The van der Waals surface area contributed by atoms with Crippen LogP contribution in [0.4, 0.5) is 0 Å². The summed E-state index contributed by atoms with van der Waals surface area (Å²) >= 11 is 0. The van der Waals surface area contributed by atoms with Crippen LogP contribution in [0.2, 0.25) is 0 Å². The number of nitrogens with zero attached hydrogens (tertiary/aromatic N) is 1. The first-order valence-electron chi connectivity index (χ1n) is 7.48. The van der Waals surface area contributed by atoms with E-state index in [1.807, 2.05) is 12.1 Å². The van der Waals surface area contributed by atoms with Gasteiger partial charge in [0.1, 0.15) is 0 Å². The van der Waals surface area contributed by atoms with Crippen molar-refractivity contribution in [1.29, 1.82) is 5.26 Å². The lowest BCUT2D eigenvalue weighted by atomic mass is 9.81. The Morgan fingerprint density at radius 1 is 0.850 bits per heavy atom. The van der Waals surface area contributed by atoms with E-state index in [1.54, 1.807) is 0 Å². The number of nitriles is 1. The van der Waals surface area contributed by atoms with Crippen molar-refractivity contribution in [3.8, 4) is 17.2 Å². The Morgan fingerprint density at radius 3 is 2.25 bits per heavy atom. The molecule has 0 aliphatic heterocycles. The minimum Gasteiger partial charge on any atom is -0.192 e. The molecule has 0 N–H and O–H groups in total. The van der Waals surface area contributed by atoms with E-state index >= 15 is 0 Å². The van der Waals surface area contributed by atoms with Crippen LogP contribution < -0.4 is 0 Å². The maximum atomic E-state index is 8.91. The summed E-state index contributed by atoms with van der Waals surface area (Å²) in [7, 11) is 0. The van der Waals surface area contributed by atoms with Gasteiger partial charge in [0.25, 0.3) is 0 Å². The molecule has 3 rings (SSSR count). The van der Waals surface area contributed by atoms with Gasteiger partial charge in [0.2, 0.25) is 0 Å². The Labute approximate surface area is 120 Å². The van der Waals surface area contributed by atoms with Gasteiger partial charge in [-0.15, -0.1) is 0 Å². The van der Waals surface area contributed by atoms with E-state index < -0.39 is 0 Å². The minimum atomic E-state index is 0.704. The van der Waals surface area contributed by atoms with Gasteiger partial charge < -0.3 is 0 Å². The maximum Gasteiger partial charge on any atom is 0.0991 e. The van der Waals surface area contributed by atoms with E-state index in [0.29, 0.717) is 5.92 Å². The van der Waals surface area contributed by atoms with Gasteiger partial charge in [-0.3, -0.25) is 0 Å². The smallest absolute Gasteiger partial charge is 0.0991 e. The molecule has 1 aliphatic carbocycles. The number of hydrogen-bond donors (Lipinski definition) is 0. The van der Waals surface area contributed by atoms with Crippen molar-refractivity contribution in [2.75, 3.05) is 0 Å². The van der Waals surface area contributed by atoms with Crippen LogP contribution in [0.15, 0.2) is 48.5 Å². The van der Waals surface area contributed by atoms with Crippen LogP contribution >= 0.6 is 0 Å². The third-order valence-electron chi connectivity index (χ3n) is 4.33. The molecule has 0 saturated heterocycles. The normalized spacial score (nSPS) is 15.8. The first kappa shape index (κ1) is 12.9. The Balaban J connectivity index is 1.98. The molecule has 0 heterocycles. The van der Waals surface area contributed by atoms with Crippen molar-refractivity contribution >= 4 is 0 Å². The second-order valence-electron chi connectivity index (χ2n) is 5.61. The Kier molecular flexibility index (Phi) is 3.83. The van der Waals surface area contributed by atoms with E-state index in [1.165, 1.54) is 48.8 Å². The van der Waals surface area contributed by atoms with Crippen molar-refractivity contribution in [3.05, 3.63) is 59.7 Å². The molecular formula is C19H19N. The fourth-order valence-corrected chi connectivity index (χ4v) is 3.25. The van der Waals surface area contributed by atoms with Gasteiger partial charge in [0.05, 0.1) is 11.6 Å². The van der Waals surface area contributed by atoms with E-state index in [2.05, 4.69) is 42.5 Å². The molecule has 0 aromatic heterocycles. The van der Waals surface area contributed by atoms with Crippen LogP contribution in [0.1, 0.15) is 49.1 Å². The lowest BCUT2D eigenvalue weighted by Crippen LogP contribution is -2.05. The molecule has 1 nitrogen and oxygen atoms in total. The highest BCUT2D eigenvalue weighted by Gasteiger charge is 2.18. The third kappa shape index (κ3) is 2.60. The first-order valence-corrected chi connectivity index (χ1v) is 7.48. The Hall–Kier alpha value is -2.07. The number of benzene rings is 2. The summed E-state index contributed by atoms with van der Waals surface area (Å²) in [5.74, 6) is 0.704. The largest absolute Gasteiger partial charge is 0.192 e. The fraction of sp³-hybridized carbons (Fsp3) is 0.316. The van der Waals surface area contributed by atoms with Gasteiger partial charge in [-0.2, -0.15) is 5.26 Å². The van der Waals surface area contributed by atoms with Crippen LogP contribution in [0, 0.1) is 11.3 Å².